The van der Waals surface area contributed by atoms with Crippen LogP contribution in [-0.4, -0.2) is 27.8 Å². The Hall–Kier alpha value is -2.70. The highest BCUT2D eigenvalue weighted by Gasteiger charge is 2.26. The van der Waals surface area contributed by atoms with E-state index in [1.165, 1.54) is 10.8 Å². The van der Waals surface area contributed by atoms with Crippen LogP contribution in [0.4, 0.5) is 5.69 Å². The smallest absolute Gasteiger partial charge is 0.365 e. The Labute approximate surface area is 116 Å². The zero-order chi connectivity index (χ0) is 15.3. The van der Waals surface area contributed by atoms with Crippen molar-refractivity contribution in [2.45, 2.75) is 13.8 Å². The van der Waals surface area contributed by atoms with Gasteiger partial charge >= 0.3 is 11.7 Å². The molecule has 0 saturated heterocycles. The van der Waals surface area contributed by atoms with Crippen molar-refractivity contribution in [2.75, 3.05) is 7.11 Å². The van der Waals surface area contributed by atoms with Gasteiger partial charge in [-0.1, -0.05) is 18.2 Å². The molecular weight excluding hydrogens is 262 g/mol. The second-order valence-electron chi connectivity index (χ2n) is 4.10. The van der Waals surface area contributed by atoms with E-state index in [0.29, 0.717) is 5.70 Å². The second kappa shape index (κ2) is 6.46. The first kappa shape index (κ1) is 15.4. The van der Waals surface area contributed by atoms with Gasteiger partial charge in [-0.25, -0.2) is 9.48 Å². The van der Waals surface area contributed by atoms with E-state index in [4.69, 9.17) is 0 Å². The Kier molecular flexibility index (Phi) is 4.96. The van der Waals surface area contributed by atoms with Crippen molar-refractivity contribution < 1.29 is 14.5 Å². The highest BCUT2D eigenvalue weighted by Crippen LogP contribution is 2.20. The molecule has 0 spiro atoms. The van der Waals surface area contributed by atoms with E-state index in [0.717, 1.165) is 18.9 Å². The lowest BCUT2D eigenvalue weighted by Gasteiger charge is -1.99. The molecule has 0 aliphatic heterocycles. The molecule has 0 bridgehead atoms. The van der Waals surface area contributed by atoms with Gasteiger partial charge in [-0.05, 0) is 26.0 Å². The maximum atomic E-state index is 11.5. The average molecular weight is 277 g/mol. The number of esters is 1. The van der Waals surface area contributed by atoms with Crippen molar-refractivity contribution in [3.8, 4) is 0 Å². The van der Waals surface area contributed by atoms with Crippen LogP contribution in [0.2, 0.25) is 0 Å². The molecule has 1 aromatic rings. The number of nitrogens with zero attached hydrogens (tertiary/aromatic N) is 3. The molecule has 1 aromatic heterocycles. The minimum Gasteiger partial charge on any atom is -0.464 e. The third-order valence-electron chi connectivity index (χ3n) is 2.33. The quantitative estimate of drug-likeness (QED) is 0.357. The number of carbonyl (C=O) groups excluding carboxylic acids is 1. The van der Waals surface area contributed by atoms with Crippen molar-refractivity contribution in [3.05, 3.63) is 52.4 Å². The number of aromatic nitrogens is 2. The van der Waals surface area contributed by atoms with Gasteiger partial charge in [-0.2, -0.15) is 5.10 Å². The molecule has 1 heterocycles. The summed E-state index contributed by atoms with van der Waals surface area (Å²) in [6.07, 6.45) is 6.14. The molecular formula is C13H15N3O4. The van der Waals surface area contributed by atoms with Gasteiger partial charge in [0.1, 0.15) is 6.20 Å². The highest BCUT2D eigenvalue weighted by atomic mass is 16.6. The monoisotopic (exact) mass is 277 g/mol. The van der Waals surface area contributed by atoms with Crippen molar-refractivity contribution in [1.82, 2.24) is 9.78 Å². The Morgan fingerprint density at radius 3 is 2.60 bits per heavy atom. The lowest BCUT2D eigenvalue weighted by atomic mass is 10.3. The third-order valence-corrected chi connectivity index (χ3v) is 2.33. The van der Waals surface area contributed by atoms with E-state index in [9.17, 15) is 14.9 Å². The van der Waals surface area contributed by atoms with Crippen molar-refractivity contribution in [3.63, 3.8) is 0 Å². The summed E-state index contributed by atoms with van der Waals surface area (Å²) in [5, 5.41) is 14.8. The molecule has 7 heteroatoms. The number of allylic oxidation sites excluding steroid dienone is 5. The number of hydrogen-bond donors (Lipinski definition) is 0. The minimum absolute atomic E-state index is 0.345. The van der Waals surface area contributed by atoms with Gasteiger partial charge in [0.2, 0.25) is 5.69 Å². The lowest BCUT2D eigenvalue weighted by Crippen LogP contribution is -2.06. The molecule has 0 radical (unpaired) electrons. The fourth-order valence-electron chi connectivity index (χ4n) is 1.36. The molecule has 0 saturated carbocycles. The van der Waals surface area contributed by atoms with Gasteiger partial charge in [-0.15, -0.1) is 0 Å². The molecule has 0 unspecified atom stereocenters. The van der Waals surface area contributed by atoms with Crippen LogP contribution in [0.15, 0.2) is 36.6 Å². The maximum Gasteiger partial charge on any atom is 0.365 e. The first-order chi connectivity index (χ1) is 9.40. The molecule has 0 fully saturated rings. The van der Waals surface area contributed by atoms with Crippen LogP contribution in [0.25, 0.3) is 5.70 Å². The highest BCUT2D eigenvalue weighted by molar-refractivity contribution is 5.91. The van der Waals surface area contributed by atoms with Crippen molar-refractivity contribution in [2.24, 2.45) is 0 Å². The van der Waals surface area contributed by atoms with Gasteiger partial charge in [0.25, 0.3) is 0 Å². The Morgan fingerprint density at radius 2 is 2.15 bits per heavy atom. The van der Waals surface area contributed by atoms with E-state index in [1.54, 1.807) is 6.08 Å². The van der Waals surface area contributed by atoms with Gasteiger partial charge in [-0.3, -0.25) is 10.1 Å². The third kappa shape index (κ3) is 3.41. The summed E-state index contributed by atoms with van der Waals surface area (Å²) in [7, 11) is 1.14. The first-order valence-corrected chi connectivity index (χ1v) is 5.71. The Morgan fingerprint density at radius 1 is 1.50 bits per heavy atom. The number of methoxy groups -OCH3 is 1. The predicted octanol–water partition coefficient (Wildman–Crippen LogP) is 2.57. The van der Waals surface area contributed by atoms with Crippen LogP contribution in [0.3, 0.4) is 0 Å². The van der Waals surface area contributed by atoms with Crippen LogP contribution in [0, 0.1) is 10.1 Å². The van der Waals surface area contributed by atoms with E-state index < -0.39 is 16.6 Å². The van der Waals surface area contributed by atoms with Crippen molar-refractivity contribution in [1.29, 1.82) is 0 Å². The van der Waals surface area contributed by atoms with Crippen LogP contribution in [0.1, 0.15) is 24.3 Å². The number of ether oxygens (including phenoxy) is 1. The summed E-state index contributed by atoms with van der Waals surface area (Å²) in [4.78, 5) is 21.7. The van der Waals surface area contributed by atoms with Crippen molar-refractivity contribution >= 4 is 17.4 Å². The number of nitro groups is 1. The van der Waals surface area contributed by atoms with E-state index in [2.05, 4.69) is 16.4 Å². The second-order valence-corrected chi connectivity index (χ2v) is 4.10. The van der Waals surface area contributed by atoms with Gasteiger partial charge in [0, 0.05) is 0 Å². The standard InChI is InChI=1S/C13H15N3O4/c1-5-10(7-6-9(2)3)15-8-11(16(18)19)12(14-15)13(17)20-4/h5-8H,1H2,2-4H3/b10-7+. The molecule has 0 atom stereocenters. The summed E-state index contributed by atoms with van der Waals surface area (Å²) >= 11 is 0. The van der Waals surface area contributed by atoms with Gasteiger partial charge < -0.3 is 4.74 Å². The number of hydrogen-bond acceptors (Lipinski definition) is 5. The summed E-state index contributed by atoms with van der Waals surface area (Å²) < 4.78 is 5.69. The van der Waals surface area contributed by atoms with E-state index in [1.807, 2.05) is 19.9 Å². The zero-order valence-electron chi connectivity index (χ0n) is 11.5. The van der Waals surface area contributed by atoms with E-state index >= 15 is 0 Å². The Balaban J connectivity index is 3.36. The zero-order valence-corrected chi connectivity index (χ0v) is 11.5. The molecule has 0 aliphatic rings. The van der Waals surface area contributed by atoms with Crippen LogP contribution in [0.5, 0.6) is 0 Å². The summed E-state index contributed by atoms with van der Waals surface area (Å²) in [5.41, 5.74) is 0.785. The van der Waals surface area contributed by atoms with Gasteiger partial charge in [0.15, 0.2) is 0 Å². The molecule has 0 amide bonds. The largest absolute Gasteiger partial charge is 0.464 e. The number of carbonyl (C=O) groups is 1. The normalized spacial score (nSPS) is 10.8. The SMILES string of the molecule is C=C/C(=C\C=C(C)C)n1cc([N+](=O)[O-])c(C(=O)OC)n1. The van der Waals surface area contributed by atoms with Crippen LogP contribution < -0.4 is 0 Å². The summed E-state index contributed by atoms with van der Waals surface area (Å²) in [5.74, 6) is -0.860. The summed E-state index contributed by atoms with van der Waals surface area (Å²) in [6.45, 7) is 7.43. The predicted molar refractivity (Wildman–Crippen MR) is 74.1 cm³/mol. The number of rotatable bonds is 5. The molecule has 0 aromatic carbocycles. The fourth-order valence-corrected chi connectivity index (χ4v) is 1.36. The minimum atomic E-state index is -0.860. The molecule has 20 heavy (non-hydrogen) atoms. The molecule has 0 N–H and O–H groups in total. The average Bonchev–Trinajstić information content (AvgIpc) is 2.83. The maximum absolute atomic E-state index is 11.5. The van der Waals surface area contributed by atoms with E-state index in [-0.39, 0.29) is 5.69 Å². The fraction of sp³-hybridized carbons (Fsp3) is 0.231. The molecule has 106 valence electrons. The Bertz CT molecular complexity index is 607. The molecule has 0 aliphatic carbocycles. The lowest BCUT2D eigenvalue weighted by molar-refractivity contribution is -0.385. The van der Waals surface area contributed by atoms with Crippen LogP contribution in [-0.2, 0) is 4.74 Å². The van der Waals surface area contributed by atoms with Gasteiger partial charge in [0.05, 0.1) is 17.7 Å². The van der Waals surface area contributed by atoms with Crippen LogP contribution >= 0.6 is 0 Å². The topological polar surface area (TPSA) is 87.3 Å². The molecule has 7 nitrogen and oxygen atoms in total. The molecule has 1 rings (SSSR count). The summed E-state index contributed by atoms with van der Waals surface area (Å²) in [6, 6.07) is 0. The first-order valence-electron chi connectivity index (χ1n) is 5.71.